The Kier molecular flexibility index (Phi) is 8.25. The number of hydrogen-bond donors (Lipinski definition) is 0. The standard InChI is InChI=1S/C22H26N2O4S/c1-4-5-6-22(15-23)29(25,26)24(16-18-7-11-20(27-2)12-8-18)17-19-9-13-21(28-3)14-10-19/h4,7-14,22H,1,5-6,16-17H2,2-3H3/t22-/m0/s1. The highest BCUT2D eigenvalue weighted by atomic mass is 32.2. The van der Waals surface area contributed by atoms with Crippen molar-refractivity contribution in [2.45, 2.75) is 31.2 Å². The van der Waals surface area contributed by atoms with Gasteiger partial charge in [0.1, 0.15) is 11.5 Å². The number of hydrogen-bond acceptors (Lipinski definition) is 5. The quantitative estimate of drug-likeness (QED) is 0.521. The fourth-order valence-corrected chi connectivity index (χ4v) is 4.42. The third kappa shape index (κ3) is 6.08. The molecule has 0 bridgehead atoms. The van der Waals surface area contributed by atoms with Crippen molar-refractivity contribution in [2.75, 3.05) is 14.2 Å². The molecule has 0 unspecified atom stereocenters. The second-order valence-electron chi connectivity index (χ2n) is 6.49. The molecular formula is C22H26N2O4S. The summed E-state index contributed by atoms with van der Waals surface area (Å²) in [5.41, 5.74) is 1.62. The van der Waals surface area contributed by atoms with Crippen LogP contribution in [0.5, 0.6) is 11.5 Å². The van der Waals surface area contributed by atoms with Gasteiger partial charge in [-0.2, -0.15) is 9.57 Å². The van der Waals surface area contributed by atoms with E-state index in [1.165, 1.54) is 4.31 Å². The summed E-state index contributed by atoms with van der Waals surface area (Å²) in [6, 6.07) is 16.4. The summed E-state index contributed by atoms with van der Waals surface area (Å²) in [7, 11) is -0.699. The number of nitrogens with zero attached hydrogens (tertiary/aromatic N) is 2. The van der Waals surface area contributed by atoms with Gasteiger partial charge in [-0.1, -0.05) is 30.3 Å². The van der Waals surface area contributed by atoms with Gasteiger partial charge in [-0.25, -0.2) is 8.42 Å². The molecule has 0 spiro atoms. The summed E-state index contributed by atoms with van der Waals surface area (Å²) >= 11 is 0. The maximum atomic E-state index is 13.2. The average Bonchev–Trinajstić information content (AvgIpc) is 2.74. The summed E-state index contributed by atoms with van der Waals surface area (Å²) in [6.07, 6.45) is 2.29. The molecule has 0 saturated carbocycles. The Morgan fingerprint density at radius 1 is 1.00 bits per heavy atom. The van der Waals surface area contributed by atoms with Crippen molar-refractivity contribution in [3.8, 4) is 17.6 Å². The van der Waals surface area contributed by atoms with Gasteiger partial charge in [0.15, 0.2) is 5.25 Å². The number of benzene rings is 2. The molecule has 154 valence electrons. The van der Waals surface area contributed by atoms with Crippen LogP contribution < -0.4 is 9.47 Å². The second kappa shape index (κ2) is 10.6. The van der Waals surface area contributed by atoms with Crippen molar-refractivity contribution in [3.05, 3.63) is 72.3 Å². The fourth-order valence-electron chi connectivity index (χ4n) is 2.83. The zero-order chi connectivity index (χ0) is 21.3. The van der Waals surface area contributed by atoms with Gasteiger partial charge in [0.2, 0.25) is 10.0 Å². The van der Waals surface area contributed by atoms with E-state index < -0.39 is 15.3 Å². The van der Waals surface area contributed by atoms with E-state index >= 15 is 0 Å². The minimum atomic E-state index is -3.85. The fraction of sp³-hybridized carbons (Fsp3) is 0.318. The molecular weight excluding hydrogens is 388 g/mol. The van der Waals surface area contributed by atoms with E-state index in [1.54, 1.807) is 44.6 Å². The lowest BCUT2D eigenvalue weighted by molar-refractivity contribution is 0.393. The Bertz CT molecular complexity index is 883. The SMILES string of the molecule is C=CCC[C@@H](C#N)S(=O)(=O)N(Cc1ccc(OC)cc1)Cc1ccc(OC)cc1. The van der Waals surface area contributed by atoms with Crippen LogP contribution in [0.25, 0.3) is 0 Å². The van der Waals surface area contributed by atoms with Gasteiger partial charge in [0.25, 0.3) is 0 Å². The first kappa shape index (κ1) is 22.5. The maximum Gasteiger partial charge on any atom is 0.231 e. The molecule has 2 rings (SSSR count). The molecule has 0 aromatic heterocycles. The second-order valence-corrected chi connectivity index (χ2v) is 8.61. The van der Waals surface area contributed by atoms with Crippen LogP contribution in [0.2, 0.25) is 0 Å². The normalized spacial score (nSPS) is 12.2. The van der Waals surface area contributed by atoms with Crippen molar-refractivity contribution in [2.24, 2.45) is 0 Å². The topological polar surface area (TPSA) is 79.6 Å². The summed E-state index contributed by atoms with van der Waals surface area (Å²) in [5.74, 6) is 1.39. The Hall–Kier alpha value is -2.82. The van der Waals surface area contributed by atoms with E-state index in [9.17, 15) is 13.7 Å². The monoisotopic (exact) mass is 414 g/mol. The highest BCUT2D eigenvalue weighted by Gasteiger charge is 2.32. The number of allylic oxidation sites excluding steroid dienone is 1. The summed E-state index contributed by atoms with van der Waals surface area (Å²) in [6.45, 7) is 3.94. The molecule has 7 heteroatoms. The van der Waals surface area contributed by atoms with Crippen molar-refractivity contribution >= 4 is 10.0 Å². The molecule has 29 heavy (non-hydrogen) atoms. The summed E-state index contributed by atoms with van der Waals surface area (Å²) in [4.78, 5) is 0. The molecule has 0 radical (unpaired) electrons. The molecule has 2 aromatic rings. The molecule has 0 N–H and O–H groups in total. The third-order valence-corrected chi connectivity index (χ3v) is 6.57. The molecule has 0 amide bonds. The van der Waals surface area contributed by atoms with Crippen molar-refractivity contribution in [1.82, 2.24) is 4.31 Å². The van der Waals surface area contributed by atoms with Crippen LogP contribution in [0, 0.1) is 11.3 Å². The molecule has 0 heterocycles. The molecule has 0 aliphatic heterocycles. The van der Waals surface area contributed by atoms with Crippen LogP contribution >= 0.6 is 0 Å². The van der Waals surface area contributed by atoms with Gasteiger partial charge in [0, 0.05) is 13.1 Å². The van der Waals surface area contributed by atoms with Crippen LogP contribution in [-0.4, -0.2) is 32.2 Å². The van der Waals surface area contributed by atoms with Crippen LogP contribution in [0.1, 0.15) is 24.0 Å². The van der Waals surface area contributed by atoms with Crippen molar-refractivity contribution in [1.29, 1.82) is 5.26 Å². The van der Waals surface area contributed by atoms with Crippen LogP contribution in [-0.2, 0) is 23.1 Å². The Labute approximate surface area is 173 Å². The predicted molar refractivity (Wildman–Crippen MR) is 113 cm³/mol. The largest absolute Gasteiger partial charge is 0.497 e. The molecule has 6 nitrogen and oxygen atoms in total. The lowest BCUT2D eigenvalue weighted by atomic mass is 10.2. The minimum Gasteiger partial charge on any atom is -0.497 e. The molecule has 2 aromatic carbocycles. The van der Waals surface area contributed by atoms with Crippen LogP contribution in [0.3, 0.4) is 0 Å². The predicted octanol–water partition coefficient (Wildman–Crippen LogP) is 3.89. The average molecular weight is 415 g/mol. The lowest BCUT2D eigenvalue weighted by Gasteiger charge is -2.25. The first-order valence-electron chi connectivity index (χ1n) is 9.20. The van der Waals surface area contributed by atoms with Crippen molar-refractivity contribution in [3.63, 3.8) is 0 Å². The molecule has 0 aliphatic carbocycles. The van der Waals surface area contributed by atoms with Gasteiger partial charge in [-0.15, -0.1) is 6.58 Å². The van der Waals surface area contributed by atoms with Gasteiger partial charge in [-0.05, 0) is 48.2 Å². The smallest absolute Gasteiger partial charge is 0.231 e. The Morgan fingerprint density at radius 2 is 1.45 bits per heavy atom. The van der Waals surface area contributed by atoms with E-state index in [0.29, 0.717) is 17.9 Å². The lowest BCUT2D eigenvalue weighted by Crippen LogP contribution is -2.37. The highest BCUT2D eigenvalue weighted by molar-refractivity contribution is 7.89. The molecule has 0 aliphatic rings. The number of methoxy groups -OCH3 is 2. The summed E-state index contributed by atoms with van der Waals surface area (Å²) < 4.78 is 38.2. The van der Waals surface area contributed by atoms with E-state index in [-0.39, 0.29) is 19.5 Å². The third-order valence-electron chi connectivity index (χ3n) is 4.53. The van der Waals surface area contributed by atoms with Gasteiger partial charge < -0.3 is 9.47 Å². The first-order valence-corrected chi connectivity index (χ1v) is 10.7. The maximum absolute atomic E-state index is 13.2. The zero-order valence-electron chi connectivity index (χ0n) is 16.7. The van der Waals surface area contributed by atoms with Crippen LogP contribution in [0.15, 0.2) is 61.2 Å². The van der Waals surface area contributed by atoms with E-state index in [4.69, 9.17) is 9.47 Å². The van der Waals surface area contributed by atoms with Gasteiger partial charge >= 0.3 is 0 Å². The molecule has 1 atom stereocenters. The number of ether oxygens (including phenoxy) is 2. The molecule has 0 fully saturated rings. The number of sulfonamides is 1. The van der Waals surface area contributed by atoms with Crippen LogP contribution in [0.4, 0.5) is 0 Å². The highest BCUT2D eigenvalue weighted by Crippen LogP contribution is 2.22. The molecule has 0 saturated heterocycles. The Balaban J connectivity index is 2.33. The van der Waals surface area contributed by atoms with Gasteiger partial charge in [-0.3, -0.25) is 0 Å². The number of nitriles is 1. The van der Waals surface area contributed by atoms with E-state index in [0.717, 1.165) is 11.1 Å². The first-order chi connectivity index (χ1) is 13.9. The van der Waals surface area contributed by atoms with E-state index in [1.807, 2.05) is 30.3 Å². The number of rotatable bonds is 11. The Morgan fingerprint density at radius 3 is 1.79 bits per heavy atom. The van der Waals surface area contributed by atoms with E-state index in [2.05, 4.69) is 6.58 Å². The van der Waals surface area contributed by atoms with Crippen molar-refractivity contribution < 1.29 is 17.9 Å². The minimum absolute atomic E-state index is 0.157. The summed E-state index contributed by atoms with van der Waals surface area (Å²) in [5, 5.41) is 8.35. The zero-order valence-corrected chi connectivity index (χ0v) is 17.6. The van der Waals surface area contributed by atoms with Gasteiger partial charge in [0.05, 0.1) is 20.3 Å².